The molecule has 4 heterocycles. The van der Waals surface area contributed by atoms with E-state index in [1.807, 2.05) is 42.6 Å². The number of aryl methyl sites for hydroxylation is 1. The van der Waals surface area contributed by atoms with Crippen LogP contribution in [0.2, 0.25) is 0 Å². The van der Waals surface area contributed by atoms with E-state index < -0.39 is 0 Å². The average molecular weight is 453 g/mol. The number of anilines is 2. The second-order valence-corrected chi connectivity index (χ2v) is 8.78. The van der Waals surface area contributed by atoms with E-state index in [0.29, 0.717) is 5.56 Å². The first-order chi connectivity index (χ1) is 16.6. The maximum absolute atomic E-state index is 9.70. The zero-order valence-corrected chi connectivity index (χ0v) is 19.5. The van der Waals surface area contributed by atoms with E-state index >= 15 is 0 Å². The summed E-state index contributed by atoms with van der Waals surface area (Å²) in [6.07, 6.45) is 9.16. The third kappa shape index (κ3) is 4.60. The lowest BCUT2D eigenvalue weighted by atomic mass is 10.1. The summed E-state index contributed by atoms with van der Waals surface area (Å²) in [7, 11) is 2.16. The molecule has 7 nitrogen and oxygen atoms in total. The van der Waals surface area contributed by atoms with Crippen LogP contribution in [-0.4, -0.2) is 53.0 Å². The molecule has 0 radical (unpaired) electrons. The van der Waals surface area contributed by atoms with Gasteiger partial charge in [0.1, 0.15) is 17.6 Å². The van der Waals surface area contributed by atoms with Crippen LogP contribution in [0.25, 0.3) is 23.1 Å². The van der Waals surface area contributed by atoms with E-state index in [1.165, 1.54) is 0 Å². The average Bonchev–Trinajstić information content (AvgIpc) is 3.51. The monoisotopic (exact) mass is 452 g/mol. The molecule has 2 N–H and O–H groups in total. The third-order valence-corrected chi connectivity index (χ3v) is 6.44. The Morgan fingerprint density at radius 3 is 2.79 bits per heavy atom. The van der Waals surface area contributed by atoms with E-state index in [0.717, 1.165) is 77.6 Å². The maximum Gasteiger partial charge on any atom is 0.127 e. The minimum Gasteiger partial charge on any atom is -0.460 e. The van der Waals surface area contributed by atoms with Crippen molar-refractivity contribution in [2.75, 3.05) is 38.5 Å². The van der Waals surface area contributed by atoms with Crippen LogP contribution in [0.15, 0.2) is 53.3 Å². The molecule has 172 valence electrons. The highest BCUT2D eigenvalue weighted by Gasteiger charge is 2.15. The second-order valence-electron chi connectivity index (χ2n) is 8.78. The molecule has 0 aliphatic carbocycles. The molecule has 0 spiro atoms. The maximum atomic E-state index is 9.70. The number of rotatable bonds is 6. The van der Waals surface area contributed by atoms with E-state index in [4.69, 9.17) is 4.42 Å². The Morgan fingerprint density at radius 2 is 1.97 bits per heavy atom. The first-order valence-electron chi connectivity index (χ1n) is 11.5. The fourth-order valence-corrected chi connectivity index (χ4v) is 4.35. The summed E-state index contributed by atoms with van der Waals surface area (Å²) >= 11 is 0. The molecule has 1 fully saturated rings. The third-order valence-electron chi connectivity index (χ3n) is 6.44. The van der Waals surface area contributed by atoms with Gasteiger partial charge in [-0.05, 0) is 62.0 Å². The molecular formula is C27H28N6O. The number of piperazine rings is 1. The number of hydrogen-bond acceptors (Lipinski definition) is 6. The number of benzene rings is 1. The largest absolute Gasteiger partial charge is 0.460 e. The summed E-state index contributed by atoms with van der Waals surface area (Å²) < 4.78 is 6.06. The van der Waals surface area contributed by atoms with Crippen molar-refractivity contribution in [1.29, 1.82) is 5.26 Å². The summed E-state index contributed by atoms with van der Waals surface area (Å²) in [5.41, 5.74) is 5.21. The number of nitrogens with zero attached hydrogens (tertiary/aromatic N) is 4. The van der Waals surface area contributed by atoms with Gasteiger partial charge in [-0.2, -0.15) is 5.26 Å². The zero-order valence-electron chi connectivity index (χ0n) is 19.5. The molecule has 1 aliphatic rings. The van der Waals surface area contributed by atoms with E-state index in [-0.39, 0.29) is 0 Å². The Labute approximate surface area is 199 Å². The fraction of sp³-hybridized carbons (Fsp3) is 0.259. The first kappa shape index (κ1) is 22.0. The smallest absolute Gasteiger partial charge is 0.127 e. The lowest BCUT2D eigenvalue weighted by molar-refractivity contribution is 0.140. The number of aromatic nitrogens is 2. The van der Waals surface area contributed by atoms with Crippen molar-refractivity contribution < 1.29 is 4.42 Å². The molecule has 0 saturated carbocycles. The molecule has 5 rings (SSSR count). The van der Waals surface area contributed by atoms with Crippen molar-refractivity contribution >= 4 is 34.4 Å². The van der Waals surface area contributed by atoms with Gasteiger partial charge in [0.05, 0.1) is 17.8 Å². The van der Waals surface area contributed by atoms with Crippen molar-refractivity contribution in [3.63, 3.8) is 0 Å². The standard InChI is InChI=1S/C27H28N6O/c1-19-24-9-10-30-26(24)8-7-25(19)31-27-20(16-29-17-21(27)15-28)3-4-22-5-6-23(34-22)18-33-13-11-32(2)12-14-33/h3-10,16-17,30H,11-14,18H2,1-2H3,(H,29,31). The first-order valence-corrected chi connectivity index (χ1v) is 11.5. The Morgan fingerprint density at radius 1 is 1.12 bits per heavy atom. The summed E-state index contributed by atoms with van der Waals surface area (Å²) in [6.45, 7) is 7.17. The summed E-state index contributed by atoms with van der Waals surface area (Å²) in [5.74, 6) is 1.74. The number of pyridine rings is 1. The number of nitriles is 1. The lowest BCUT2D eigenvalue weighted by Gasteiger charge is -2.31. The minimum atomic E-state index is 0.492. The van der Waals surface area contributed by atoms with Crippen LogP contribution in [0.1, 0.15) is 28.2 Å². The number of aromatic amines is 1. The van der Waals surface area contributed by atoms with Crippen molar-refractivity contribution in [3.05, 3.63) is 77.1 Å². The Bertz CT molecular complexity index is 1370. The van der Waals surface area contributed by atoms with Gasteiger partial charge in [-0.25, -0.2) is 0 Å². The van der Waals surface area contributed by atoms with E-state index in [1.54, 1.807) is 12.4 Å². The van der Waals surface area contributed by atoms with Crippen LogP contribution in [0.4, 0.5) is 11.4 Å². The molecule has 0 unspecified atom stereocenters. The van der Waals surface area contributed by atoms with Gasteiger partial charge in [0, 0.05) is 66.9 Å². The highest BCUT2D eigenvalue weighted by atomic mass is 16.3. The van der Waals surface area contributed by atoms with Gasteiger partial charge in [-0.15, -0.1) is 0 Å². The molecule has 0 amide bonds. The topological polar surface area (TPSA) is 84.1 Å². The van der Waals surface area contributed by atoms with Crippen molar-refractivity contribution in [3.8, 4) is 6.07 Å². The molecular weight excluding hydrogens is 424 g/mol. The zero-order chi connectivity index (χ0) is 23.5. The lowest BCUT2D eigenvalue weighted by Crippen LogP contribution is -2.43. The molecule has 1 saturated heterocycles. The normalized spacial score (nSPS) is 15.2. The van der Waals surface area contributed by atoms with Gasteiger partial charge in [-0.3, -0.25) is 9.88 Å². The van der Waals surface area contributed by atoms with E-state index in [9.17, 15) is 5.26 Å². The molecule has 34 heavy (non-hydrogen) atoms. The fourth-order valence-electron chi connectivity index (χ4n) is 4.35. The number of nitrogens with one attached hydrogen (secondary N) is 2. The van der Waals surface area contributed by atoms with Crippen LogP contribution in [0.3, 0.4) is 0 Å². The SMILES string of the molecule is Cc1c(Nc2c(C#N)cncc2C=Cc2ccc(CN3CCN(C)CC3)o2)ccc2[nH]ccc12. The van der Waals surface area contributed by atoms with Crippen LogP contribution in [0.5, 0.6) is 0 Å². The predicted octanol–water partition coefficient (Wildman–Crippen LogP) is 5.00. The number of H-pyrrole nitrogens is 1. The molecule has 1 aromatic carbocycles. The second kappa shape index (κ2) is 9.56. The Balaban J connectivity index is 1.37. The van der Waals surface area contributed by atoms with Crippen LogP contribution >= 0.6 is 0 Å². The predicted molar refractivity (Wildman–Crippen MR) is 136 cm³/mol. The van der Waals surface area contributed by atoms with E-state index in [2.05, 4.69) is 51.2 Å². The van der Waals surface area contributed by atoms with Crippen LogP contribution < -0.4 is 5.32 Å². The molecule has 4 aromatic rings. The molecule has 1 aliphatic heterocycles. The van der Waals surface area contributed by atoms with Gasteiger partial charge in [0.2, 0.25) is 0 Å². The molecule has 0 atom stereocenters. The highest BCUT2D eigenvalue weighted by Crippen LogP contribution is 2.31. The highest BCUT2D eigenvalue weighted by molar-refractivity contribution is 5.90. The van der Waals surface area contributed by atoms with Crippen LogP contribution in [0, 0.1) is 18.3 Å². The molecule has 7 heteroatoms. The quantitative estimate of drug-likeness (QED) is 0.428. The van der Waals surface area contributed by atoms with Gasteiger partial charge >= 0.3 is 0 Å². The number of likely N-dealkylation sites (N-methyl/N-ethyl adjacent to an activating group) is 1. The van der Waals surface area contributed by atoms with Gasteiger partial charge in [0.15, 0.2) is 0 Å². The molecule has 3 aromatic heterocycles. The van der Waals surface area contributed by atoms with Gasteiger partial charge < -0.3 is 19.6 Å². The summed E-state index contributed by atoms with van der Waals surface area (Å²) in [5, 5.41) is 14.3. The number of fused-ring (bicyclic) bond motifs is 1. The van der Waals surface area contributed by atoms with Crippen molar-refractivity contribution in [2.45, 2.75) is 13.5 Å². The van der Waals surface area contributed by atoms with Crippen LogP contribution in [-0.2, 0) is 6.54 Å². The Hall–Kier alpha value is -3.86. The number of furan rings is 1. The Kier molecular flexibility index (Phi) is 6.17. The summed E-state index contributed by atoms with van der Waals surface area (Å²) in [6, 6.07) is 12.4. The molecule has 0 bridgehead atoms. The van der Waals surface area contributed by atoms with Crippen molar-refractivity contribution in [1.82, 2.24) is 19.8 Å². The summed E-state index contributed by atoms with van der Waals surface area (Å²) in [4.78, 5) is 12.3. The van der Waals surface area contributed by atoms with Gasteiger partial charge in [-0.1, -0.05) is 0 Å². The minimum absolute atomic E-state index is 0.492. The van der Waals surface area contributed by atoms with Gasteiger partial charge in [0.25, 0.3) is 0 Å². The van der Waals surface area contributed by atoms with Crippen molar-refractivity contribution in [2.24, 2.45) is 0 Å². The number of hydrogen-bond donors (Lipinski definition) is 2.